The van der Waals surface area contributed by atoms with E-state index in [9.17, 15) is 14.7 Å². The molecule has 2 aliphatic rings. The van der Waals surface area contributed by atoms with Crippen molar-refractivity contribution < 1.29 is 19.4 Å². The SMILES string of the molecule is CC(C)CC1C2=C(CCN1C(=O)CNC(=O)OC(C)(C)C)c1cc(CO)ccc1C2. The summed E-state index contributed by atoms with van der Waals surface area (Å²) in [6.45, 7) is 10.3. The highest BCUT2D eigenvalue weighted by Gasteiger charge is 2.37. The van der Waals surface area contributed by atoms with Crippen LogP contribution >= 0.6 is 0 Å². The summed E-state index contributed by atoms with van der Waals surface area (Å²) in [7, 11) is 0. The van der Waals surface area contributed by atoms with Gasteiger partial charge in [-0.3, -0.25) is 4.79 Å². The minimum Gasteiger partial charge on any atom is -0.444 e. The summed E-state index contributed by atoms with van der Waals surface area (Å²) in [5, 5.41) is 12.1. The number of hydrogen-bond donors (Lipinski definition) is 2. The Balaban J connectivity index is 1.77. The quantitative estimate of drug-likeness (QED) is 0.771. The van der Waals surface area contributed by atoms with E-state index in [2.05, 4.69) is 31.3 Å². The fourth-order valence-corrected chi connectivity index (χ4v) is 4.41. The smallest absolute Gasteiger partial charge is 0.408 e. The summed E-state index contributed by atoms with van der Waals surface area (Å²) in [5.41, 5.74) is 5.46. The molecule has 3 rings (SSSR count). The molecule has 1 aromatic rings. The van der Waals surface area contributed by atoms with Crippen LogP contribution in [0.2, 0.25) is 0 Å². The molecule has 2 amide bonds. The van der Waals surface area contributed by atoms with Crippen molar-refractivity contribution in [2.45, 2.75) is 72.1 Å². The molecule has 1 atom stereocenters. The van der Waals surface area contributed by atoms with Crippen LogP contribution in [-0.4, -0.2) is 46.7 Å². The molecule has 0 saturated heterocycles. The van der Waals surface area contributed by atoms with Crippen LogP contribution in [0.15, 0.2) is 23.8 Å². The summed E-state index contributed by atoms with van der Waals surface area (Å²) >= 11 is 0. The Morgan fingerprint density at radius 2 is 2.03 bits per heavy atom. The average Bonchev–Trinajstić information content (AvgIpc) is 3.03. The number of aliphatic hydroxyl groups is 1. The maximum atomic E-state index is 13.0. The van der Waals surface area contributed by atoms with Crippen LogP contribution in [0.3, 0.4) is 0 Å². The Hall–Kier alpha value is -2.34. The lowest BCUT2D eigenvalue weighted by Gasteiger charge is -2.38. The molecule has 0 radical (unpaired) electrons. The summed E-state index contributed by atoms with van der Waals surface area (Å²) in [6, 6.07) is 6.20. The van der Waals surface area contributed by atoms with E-state index in [0.717, 1.165) is 24.8 Å². The standard InChI is InChI=1S/C24H34N2O4/c1-15(2)10-21-20-12-17-7-6-16(14-27)11-19(17)18(20)8-9-26(21)22(28)13-25-23(29)30-24(3,4)5/h6-7,11,15,21,27H,8-10,12-14H2,1-5H3,(H,25,29). The molecule has 1 aromatic carbocycles. The molecular formula is C24H34N2O4. The maximum absolute atomic E-state index is 13.0. The number of nitrogens with one attached hydrogen (secondary N) is 1. The van der Waals surface area contributed by atoms with Gasteiger partial charge in [0.2, 0.25) is 5.91 Å². The van der Waals surface area contributed by atoms with E-state index in [4.69, 9.17) is 4.74 Å². The molecule has 30 heavy (non-hydrogen) atoms. The fourth-order valence-electron chi connectivity index (χ4n) is 4.41. The topological polar surface area (TPSA) is 78.9 Å². The second-order valence-electron chi connectivity index (χ2n) is 9.67. The first kappa shape index (κ1) is 22.3. The zero-order valence-electron chi connectivity index (χ0n) is 18.7. The number of carbonyl (C=O) groups is 2. The number of fused-ring (bicyclic) bond motifs is 2. The molecule has 0 spiro atoms. The Morgan fingerprint density at radius 3 is 2.67 bits per heavy atom. The van der Waals surface area contributed by atoms with Gasteiger partial charge in [-0.2, -0.15) is 0 Å². The summed E-state index contributed by atoms with van der Waals surface area (Å²) in [6.07, 6.45) is 1.96. The van der Waals surface area contributed by atoms with Crippen molar-refractivity contribution in [2.75, 3.05) is 13.1 Å². The predicted molar refractivity (Wildman–Crippen MR) is 117 cm³/mol. The van der Waals surface area contributed by atoms with E-state index in [1.165, 1.54) is 22.3 Å². The normalized spacial score (nSPS) is 18.4. The number of nitrogens with zero attached hydrogens (tertiary/aromatic N) is 1. The van der Waals surface area contributed by atoms with Crippen LogP contribution in [0.25, 0.3) is 5.57 Å². The number of carbonyl (C=O) groups excluding carboxylic acids is 2. The highest BCUT2D eigenvalue weighted by molar-refractivity contribution is 5.86. The van der Waals surface area contributed by atoms with E-state index in [0.29, 0.717) is 12.5 Å². The summed E-state index contributed by atoms with van der Waals surface area (Å²) < 4.78 is 5.25. The van der Waals surface area contributed by atoms with Crippen LogP contribution in [-0.2, 0) is 22.6 Å². The number of ether oxygens (including phenoxy) is 1. The molecule has 1 aliphatic carbocycles. The lowest BCUT2D eigenvalue weighted by atomic mass is 9.87. The van der Waals surface area contributed by atoms with Crippen molar-refractivity contribution in [3.05, 3.63) is 40.5 Å². The van der Waals surface area contributed by atoms with E-state index in [1.807, 2.05) is 11.0 Å². The second kappa shape index (κ2) is 8.80. The monoisotopic (exact) mass is 414 g/mol. The molecule has 6 nitrogen and oxygen atoms in total. The van der Waals surface area contributed by atoms with Gasteiger partial charge in [-0.05, 0) is 79.9 Å². The first-order valence-corrected chi connectivity index (χ1v) is 10.8. The van der Waals surface area contributed by atoms with E-state index < -0.39 is 11.7 Å². The zero-order valence-corrected chi connectivity index (χ0v) is 18.7. The van der Waals surface area contributed by atoms with Gasteiger partial charge in [0.15, 0.2) is 0 Å². The van der Waals surface area contributed by atoms with Gasteiger partial charge in [-0.1, -0.05) is 26.0 Å². The summed E-state index contributed by atoms with van der Waals surface area (Å²) in [5.74, 6) is 0.359. The average molecular weight is 415 g/mol. The maximum Gasteiger partial charge on any atom is 0.408 e. The second-order valence-corrected chi connectivity index (χ2v) is 9.67. The minimum absolute atomic E-state index is 0.0339. The third kappa shape index (κ3) is 5.04. The Labute approximate surface area is 179 Å². The van der Waals surface area contributed by atoms with Crippen LogP contribution in [0.1, 0.15) is 64.2 Å². The molecule has 2 N–H and O–H groups in total. The Kier molecular flexibility index (Phi) is 6.56. The van der Waals surface area contributed by atoms with Crippen LogP contribution in [0, 0.1) is 5.92 Å². The van der Waals surface area contributed by atoms with Gasteiger partial charge < -0.3 is 20.1 Å². The molecule has 1 heterocycles. The molecule has 1 aliphatic heterocycles. The fraction of sp³-hybridized carbons (Fsp3) is 0.583. The molecule has 164 valence electrons. The molecule has 0 fully saturated rings. The van der Waals surface area contributed by atoms with Gasteiger partial charge >= 0.3 is 6.09 Å². The van der Waals surface area contributed by atoms with Gasteiger partial charge in [0.25, 0.3) is 0 Å². The summed E-state index contributed by atoms with van der Waals surface area (Å²) in [4.78, 5) is 26.9. The lowest BCUT2D eigenvalue weighted by Crippen LogP contribution is -2.49. The third-order valence-electron chi connectivity index (χ3n) is 5.63. The molecule has 0 bridgehead atoms. The Morgan fingerprint density at radius 1 is 1.30 bits per heavy atom. The molecule has 6 heteroatoms. The number of benzene rings is 1. The van der Waals surface area contributed by atoms with Gasteiger partial charge in [0.05, 0.1) is 12.6 Å². The first-order valence-electron chi connectivity index (χ1n) is 10.8. The van der Waals surface area contributed by atoms with Gasteiger partial charge in [-0.15, -0.1) is 0 Å². The first-order chi connectivity index (χ1) is 14.1. The lowest BCUT2D eigenvalue weighted by molar-refractivity contribution is -0.132. The van der Waals surface area contributed by atoms with Crippen molar-refractivity contribution in [3.63, 3.8) is 0 Å². The van der Waals surface area contributed by atoms with Crippen molar-refractivity contribution in [3.8, 4) is 0 Å². The number of rotatable bonds is 5. The zero-order chi connectivity index (χ0) is 22.1. The highest BCUT2D eigenvalue weighted by atomic mass is 16.6. The number of aliphatic hydroxyl groups excluding tert-OH is 1. The number of alkyl carbamates (subject to hydrolysis) is 1. The van der Waals surface area contributed by atoms with E-state index >= 15 is 0 Å². The molecule has 0 aromatic heterocycles. The van der Waals surface area contributed by atoms with Crippen LogP contribution in [0.5, 0.6) is 0 Å². The van der Waals surface area contributed by atoms with E-state index in [1.54, 1.807) is 20.8 Å². The van der Waals surface area contributed by atoms with Crippen molar-refractivity contribution in [2.24, 2.45) is 5.92 Å². The number of hydrogen-bond acceptors (Lipinski definition) is 4. The third-order valence-corrected chi connectivity index (χ3v) is 5.63. The largest absolute Gasteiger partial charge is 0.444 e. The van der Waals surface area contributed by atoms with Gasteiger partial charge in [-0.25, -0.2) is 4.79 Å². The van der Waals surface area contributed by atoms with Gasteiger partial charge in [0.1, 0.15) is 12.1 Å². The minimum atomic E-state index is -0.596. The van der Waals surface area contributed by atoms with Crippen molar-refractivity contribution in [1.29, 1.82) is 0 Å². The molecular weight excluding hydrogens is 380 g/mol. The van der Waals surface area contributed by atoms with Crippen molar-refractivity contribution >= 4 is 17.6 Å². The Bertz CT molecular complexity index is 851. The van der Waals surface area contributed by atoms with E-state index in [-0.39, 0.29) is 25.1 Å². The van der Waals surface area contributed by atoms with Crippen molar-refractivity contribution in [1.82, 2.24) is 10.2 Å². The molecule has 0 saturated carbocycles. The van der Waals surface area contributed by atoms with Crippen LogP contribution in [0.4, 0.5) is 4.79 Å². The van der Waals surface area contributed by atoms with Crippen LogP contribution < -0.4 is 5.32 Å². The highest BCUT2D eigenvalue weighted by Crippen LogP contribution is 2.42. The molecule has 1 unspecified atom stereocenters. The number of amides is 2. The van der Waals surface area contributed by atoms with Gasteiger partial charge in [0, 0.05) is 6.54 Å². The predicted octanol–water partition coefficient (Wildman–Crippen LogP) is 3.66.